The third kappa shape index (κ3) is 2.98. The summed E-state index contributed by atoms with van der Waals surface area (Å²) in [4.78, 5) is 20.0. The van der Waals surface area contributed by atoms with Crippen LogP contribution in [0.15, 0.2) is 36.4 Å². The number of nitrogens with zero attached hydrogens (tertiary/aromatic N) is 2. The number of carbonyl (C=O) groups excluding carboxylic acids is 1. The lowest BCUT2D eigenvalue weighted by Gasteiger charge is -2.36. The molecule has 0 saturated carbocycles. The predicted molar refractivity (Wildman–Crippen MR) is 98.3 cm³/mol. The zero-order chi connectivity index (χ0) is 16.5. The van der Waals surface area contributed by atoms with Crippen LogP contribution in [0.3, 0.4) is 0 Å². The molecule has 0 bridgehead atoms. The summed E-state index contributed by atoms with van der Waals surface area (Å²) in [6, 6.07) is 8.63. The molecule has 2 aromatic rings. The molecule has 24 heavy (non-hydrogen) atoms. The van der Waals surface area contributed by atoms with E-state index in [-0.39, 0.29) is 11.8 Å². The average Bonchev–Trinajstić information content (AvgIpc) is 3.05. The first kappa shape index (κ1) is 15.8. The van der Waals surface area contributed by atoms with Crippen LogP contribution in [0.5, 0.6) is 0 Å². The van der Waals surface area contributed by atoms with E-state index in [4.69, 9.17) is 4.98 Å². The van der Waals surface area contributed by atoms with Crippen LogP contribution in [-0.4, -0.2) is 41.5 Å². The first-order chi connectivity index (χ1) is 11.7. The van der Waals surface area contributed by atoms with Gasteiger partial charge in [0, 0.05) is 31.6 Å². The molecule has 4 rings (SSSR count). The van der Waals surface area contributed by atoms with Crippen molar-refractivity contribution in [3.05, 3.63) is 41.4 Å². The quantitative estimate of drug-likeness (QED) is 0.854. The molecule has 1 N–H and O–H groups in total. The zero-order valence-corrected chi connectivity index (χ0v) is 14.8. The topological polar surface area (TPSA) is 45.2 Å². The zero-order valence-electron chi connectivity index (χ0n) is 13.9. The summed E-state index contributed by atoms with van der Waals surface area (Å²) in [7, 11) is 0. The fourth-order valence-electron chi connectivity index (χ4n) is 3.78. The van der Waals surface area contributed by atoms with Gasteiger partial charge in [-0.05, 0) is 31.9 Å². The van der Waals surface area contributed by atoms with Crippen LogP contribution in [-0.2, 0) is 4.79 Å². The van der Waals surface area contributed by atoms with Gasteiger partial charge in [0.15, 0.2) is 0 Å². The number of carbonyl (C=O) groups is 1. The van der Waals surface area contributed by atoms with Crippen LogP contribution in [0.2, 0.25) is 0 Å². The first-order valence-corrected chi connectivity index (χ1v) is 9.56. The summed E-state index contributed by atoms with van der Waals surface area (Å²) < 4.78 is 1.21. The summed E-state index contributed by atoms with van der Waals surface area (Å²) in [5.74, 6) is 0.544. The molecule has 0 spiro atoms. The molecular formula is C19H23N3OS. The van der Waals surface area contributed by atoms with Gasteiger partial charge >= 0.3 is 0 Å². The maximum absolute atomic E-state index is 13.1. The highest BCUT2D eigenvalue weighted by Gasteiger charge is 2.35. The monoisotopic (exact) mass is 341 g/mol. The number of benzene rings is 1. The Balaban J connectivity index is 1.61. The third-order valence-electron chi connectivity index (χ3n) is 5.06. The number of hydrogen-bond acceptors (Lipinski definition) is 4. The van der Waals surface area contributed by atoms with Crippen molar-refractivity contribution < 1.29 is 4.79 Å². The Morgan fingerprint density at radius 1 is 1.29 bits per heavy atom. The Kier molecular flexibility index (Phi) is 4.37. The Bertz CT molecular complexity index is 736. The second-order valence-electron chi connectivity index (χ2n) is 6.82. The number of thiazole rings is 1. The van der Waals surface area contributed by atoms with E-state index >= 15 is 0 Å². The van der Waals surface area contributed by atoms with Crippen LogP contribution in [0.4, 0.5) is 0 Å². The van der Waals surface area contributed by atoms with Crippen LogP contribution in [0.25, 0.3) is 10.2 Å². The molecule has 3 unspecified atom stereocenters. The van der Waals surface area contributed by atoms with Crippen molar-refractivity contribution in [3.63, 3.8) is 0 Å². The first-order valence-electron chi connectivity index (χ1n) is 8.75. The van der Waals surface area contributed by atoms with Gasteiger partial charge < -0.3 is 10.2 Å². The number of amides is 1. The second-order valence-corrected chi connectivity index (χ2v) is 7.88. The molecule has 126 valence electrons. The summed E-state index contributed by atoms with van der Waals surface area (Å²) in [5.41, 5.74) is 1.05. The van der Waals surface area contributed by atoms with E-state index in [0.717, 1.165) is 43.0 Å². The molecule has 1 saturated heterocycles. The van der Waals surface area contributed by atoms with Gasteiger partial charge in [0.2, 0.25) is 5.91 Å². The molecule has 5 heteroatoms. The molecule has 1 aliphatic heterocycles. The van der Waals surface area contributed by atoms with Gasteiger partial charge in [0.25, 0.3) is 0 Å². The summed E-state index contributed by atoms with van der Waals surface area (Å²) in [6.07, 6.45) is 6.12. The second kappa shape index (κ2) is 6.65. The van der Waals surface area contributed by atoms with E-state index < -0.39 is 0 Å². The van der Waals surface area contributed by atoms with E-state index in [0.29, 0.717) is 11.9 Å². The molecule has 2 aliphatic rings. The minimum Gasteiger partial charge on any atom is -0.340 e. The summed E-state index contributed by atoms with van der Waals surface area (Å²) >= 11 is 1.74. The fraction of sp³-hybridized carbons (Fsp3) is 0.474. The lowest BCUT2D eigenvalue weighted by atomic mass is 9.82. The number of fused-ring (bicyclic) bond motifs is 1. The van der Waals surface area contributed by atoms with E-state index in [2.05, 4.69) is 42.6 Å². The normalized spacial score (nSPS) is 27.5. The molecule has 1 aromatic carbocycles. The van der Waals surface area contributed by atoms with Gasteiger partial charge in [-0.3, -0.25) is 4.79 Å². The number of allylic oxidation sites excluding steroid dienone is 2. The molecular weight excluding hydrogens is 318 g/mol. The van der Waals surface area contributed by atoms with Crippen molar-refractivity contribution in [3.8, 4) is 0 Å². The molecule has 1 aromatic heterocycles. The highest BCUT2D eigenvalue weighted by atomic mass is 32.1. The molecule has 0 radical (unpaired) electrons. The van der Waals surface area contributed by atoms with Crippen molar-refractivity contribution in [1.29, 1.82) is 0 Å². The number of rotatable bonds is 2. The minimum absolute atomic E-state index is 0.0286. The highest BCUT2D eigenvalue weighted by molar-refractivity contribution is 7.18. The molecule has 3 atom stereocenters. The van der Waals surface area contributed by atoms with Gasteiger partial charge in [0.05, 0.1) is 21.1 Å². The van der Waals surface area contributed by atoms with E-state index in [9.17, 15) is 4.79 Å². The van der Waals surface area contributed by atoms with Gasteiger partial charge in [-0.1, -0.05) is 24.3 Å². The molecule has 1 amide bonds. The Morgan fingerprint density at radius 2 is 2.12 bits per heavy atom. The van der Waals surface area contributed by atoms with Gasteiger partial charge in [-0.15, -0.1) is 11.3 Å². The van der Waals surface area contributed by atoms with Crippen molar-refractivity contribution in [2.45, 2.75) is 31.7 Å². The molecule has 4 nitrogen and oxygen atoms in total. The standard InChI is InChI=1S/C19H23N3OS/c1-13-12-22(11-10-20-13)19(23)15-7-3-2-6-14(15)18-21-16-8-4-5-9-17(16)24-18/h2-5,8-9,13-15,20H,6-7,10-12H2,1H3. The molecule has 1 aliphatic carbocycles. The van der Waals surface area contributed by atoms with E-state index in [1.165, 1.54) is 4.70 Å². The minimum atomic E-state index is 0.0286. The predicted octanol–water partition coefficient (Wildman–Crippen LogP) is 3.17. The average molecular weight is 341 g/mol. The van der Waals surface area contributed by atoms with Crippen molar-refractivity contribution in [1.82, 2.24) is 15.2 Å². The van der Waals surface area contributed by atoms with Crippen LogP contribution in [0.1, 0.15) is 30.7 Å². The summed E-state index contributed by atoms with van der Waals surface area (Å²) in [6.45, 7) is 4.66. The van der Waals surface area contributed by atoms with Gasteiger partial charge in [-0.25, -0.2) is 4.98 Å². The number of aromatic nitrogens is 1. The van der Waals surface area contributed by atoms with Crippen molar-refractivity contribution in [2.75, 3.05) is 19.6 Å². The fourth-order valence-corrected chi connectivity index (χ4v) is 4.92. The largest absolute Gasteiger partial charge is 0.340 e. The maximum atomic E-state index is 13.1. The van der Waals surface area contributed by atoms with Gasteiger partial charge in [0.1, 0.15) is 0 Å². The Morgan fingerprint density at radius 3 is 2.96 bits per heavy atom. The summed E-state index contributed by atoms with van der Waals surface area (Å²) in [5, 5.41) is 4.53. The highest BCUT2D eigenvalue weighted by Crippen LogP contribution is 2.39. The lowest BCUT2D eigenvalue weighted by Crippen LogP contribution is -2.53. The van der Waals surface area contributed by atoms with Gasteiger partial charge in [-0.2, -0.15) is 0 Å². The molecule has 1 fully saturated rings. The number of hydrogen-bond donors (Lipinski definition) is 1. The molecule has 2 heterocycles. The lowest BCUT2D eigenvalue weighted by molar-refractivity contribution is -0.137. The van der Waals surface area contributed by atoms with Crippen molar-refractivity contribution in [2.24, 2.45) is 5.92 Å². The Hall–Kier alpha value is -1.72. The SMILES string of the molecule is CC1CN(C(=O)C2CC=CCC2c2nc3ccccc3s2)CCN1. The number of piperazine rings is 1. The van der Waals surface area contributed by atoms with Crippen molar-refractivity contribution >= 4 is 27.5 Å². The van der Waals surface area contributed by atoms with Crippen LogP contribution < -0.4 is 5.32 Å². The smallest absolute Gasteiger partial charge is 0.226 e. The van der Waals surface area contributed by atoms with E-state index in [1.54, 1.807) is 11.3 Å². The third-order valence-corrected chi connectivity index (χ3v) is 6.23. The van der Waals surface area contributed by atoms with E-state index in [1.807, 2.05) is 11.0 Å². The van der Waals surface area contributed by atoms with Crippen LogP contribution in [0, 0.1) is 5.92 Å². The number of para-hydroxylation sites is 1. The maximum Gasteiger partial charge on any atom is 0.226 e. The number of nitrogens with one attached hydrogen (secondary N) is 1. The Labute approximate surface area is 146 Å². The van der Waals surface area contributed by atoms with Crippen LogP contribution >= 0.6 is 11.3 Å².